The second kappa shape index (κ2) is 5.44. The number of phenols is 1. The molecule has 1 aliphatic rings. The first-order valence-electron chi connectivity index (χ1n) is 7.63. The van der Waals surface area contributed by atoms with Crippen molar-refractivity contribution in [2.75, 3.05) is 6.54 Å². The van der Waals surface area contributed by atoms with Crippen LogP contribution in [0.1, 0.15) is 51.4 Å². The molecule has 2 aromatic rings. The van der Waals surface area contributed by atoms with E-state index in [1.807, 2.05) is 6.07 Å². The summed E-state index contributed by atoms with van der Waals surface area (Å²) in [6, 6.07) is 6.26. The number of benzene rings is 1. The van der Waals surface area contributed by atoms with E-state index in [2.05, 4.69) is 28.7 Å². The molecule has 3 rings (SSSR count). The van der Waals surface area contributed by atoms with Gasteiger partial charge in [0.15, 0.2) is 0 Å². The molecule has 2 heterocycles. The number of hydrogen-bond donors (Lipinski definition) is 2. The number of phenolic OH excluding ortho intramolecular Hbond substituents is 1. The number of hydrogen-bond acceptors (Lipinski definition) is 3. The Morgan fingerprint density at radius 2 is 2.30 bits per heavy atom. The van der Waals surface area contributed by atoms with Gasteiger partial charge in [-0.15, -0.1) is 0 Å². The Morgan fingerprint density at radius 3 is 3.10 bits per heavy atom. The summed E-state index contributed by atoms with van der Waals surface area (Å²) in [4.78, 5) is 10.6. The van der Waals surface area contributed by atoms with Crippen LogP contribution in [0.4, 0.5) is 0 Å². The molecule has 0 spiro atoms. The summed E-state index contributed by atoms with van der Waals surface area (Å²) in [5.74, 6) is 1.29. The Hall–Kier alpha value is -1.55. The third-order valence-corrected chi connectivity index (χ3v) is 4.52. The fourth-order valence-electron chi connectivity index (χ4n) is 3.34. The second-order valence-electron chi connectivity index (χ2n) is 5.80. The van der Waals surface area contributed by atoms with Crippen molar-refractivity contribution in [3.8, 4) is 5.75 Å². The molecule has 0 aliphatic carbocycles. The minimum atomic E-state index is 0.282. The first kappa shape index (κ1) is 13.4. The molecule has 20 heavy (non-hydrogen) atoms. The summed E-state index contributed by atoms with van der Waals surface area (Å²) in [6.07, 6.45) is 5.12. The molecule has 108 valence electrons. The number of imidazole rings is 1. The van der Waals surface area contributed by atoms with Crippen LogP contribution >= 0.6 is 0 Å². The molecule has 4 nitrogen and oxygen atoms in total. The van der Waals surface area contributed by atoms with Crippen LogP contribution in [0.3, 0.4) is 0 Å². The first-order chi connectivity index (χ1) is 9.69. The minimum absolute atomic E-state index is 0.282. The minimum Gasteiger partial charge on any atom is -0.508 e. The number of piperidine rings is 1. The lowest BCUT2D eigenvalue weighted by Crippen LogP contribution is -2.41. The van der Waals surface area contributed by atoms with E-state index >= 15 is 0 Å². The SMILES string of the molecule is CCC1CCCCN1C(C)c1nc2ccc(O)cc2[nH]1. The van der Waals surface area contributed by atoms with E-state index < -0.39 is 0 Å². The van der Waals surface area contributed by atoms with Crippen LogP contribution in [0.2, 0.25) is 0 Å². The van der Waals surface area contributed by atoms with Gasteiger partial charge in [0.25, 0.3) is 0 Å². The molecule has 2 atom stereocenters. The van der Waals surface area contributed by atoms with Crippen LogP contribution < -0.4 is 0 Å². The van der Waals surface area contributed by atoms with Crippen molar-refractivity contribution in [2.45, 2.75) is 51.6 Å². The molecule has 2 unspecified atom stereocenters. The fraction of sp³-hybridized carbons (Fsp3) is 0.562. The topological polar surface area (TPSA) is 52.1 Å². The smallest absolute Gasteiger partial charge is 0.124 e. The maximum atomic E-state index is 9.55. The van der Waals surface area contributed by atoms with Gasteiger partial charge in [-0.05, 0) is 44.9 Å². The second-order valence-corrected chi connectivity index (χ2v) is 5.80. The highest BCUT2D eigenvalue weighted by Gasteiger charge is 2.27. The molecule has 0 bridgehead atoms. The Balaban J connectivity index is 1.89. The molecule has 1 aromatic carbocycles. The van der Waals surface area contributed by atoms with Crippen LogP contribution in [-0.2, 0) is 0 Å². The zero-order valence-corrected chi connectivity index (χ0v) is 12.3. The van der Waals surface area contributed by atoms with Gasteiger partial charge in [-0.3, -0.25) is 4.90 Å². The first-order valence-corrected chi connectivity index (χ1v) is 7.63. The quantitative estimate of drug-likeness (QED) is 0.898. The lowest BCUT2D eigenvalue weighted by Gasteiger charge is -2.38. The van der Waals surface area contributed by atoms with Crippen LogP contribution in [0.15, 0.2) is 18.2 Å². The van der Waals surface area contributed by atoms with E-state index in [1.54, 1.807) is 12.1 Å². The van der Waals surface area contributed by atoms with Crippen molar-refractivity contribution >= 4 is 11.0 Å². The van der Waals surface area contributed by atoms with E-state index in [1.165, 1.54) is 25.7 Å². The Labute approximate surface area is 119 Å². The van der Waals surface area contributed by atoms with Crippen molar-refractivity contribution in [3.05, 3.63) is 24.0 Å². The predicted molar refractivity (Wildman–Crippen MR) is 80.8 cm³/mol. The average molecular weight is 273 g/mol. The number of nitrogens with one attached hydrogen (secondary N) is 1. The number of nitrogens with zero attached hydrogens (tertiary/aromatic N) is 2. The number of aromatic hydroxyl groups is 1. The highest BCUT2D eigenvalue weighted by atomic mass is 16.3. The zero-order valence-electron chi connectivity index (χ0n) is 12.3. The van der Waals surface area contributed by atoms with E-state index in [9.17, 15) is 5.11 Å². The average Bonchev–Trinajstić information content (AvgIpc) is 2.89. The van der Waals surface area contributed by atoms with Gasteiger partial charge >= 0.3 is 0 Å². The number of fused-ring (bicyclic) bond motifs is 1. The summed E-state index contributed by atoms with van der Waals surface area (Å²) in [5.41, 5.74) is 1.84. The summed E-state index contributed by atoms with van der Waals surface area (Å²) in [6.45, 7) is 5.65. The molecule has 0 radical (unpaired) electrons. The van der Waals surface area contributed by atoms with Crippen molar-refractivity contribution in [3.63, 3.8) is 0 Å². The monoisotopic (exact) mass is 273 g/mol. The summed E-state index contributed by atoms with van der Waals surface area (Å²) in [7, 11) is 0. The van der Waals surface area contributed by atoms with Gasteiger partial charge in [-0.25, -0.2) is 4.98 Å². The van der Waals surface area contributed by atoms with Gasteiger partial charge in [0, 0.05) is 12.1 Å². The van der Waals surface area contributed by atoms with Crippen molar-refractivity contribution in [1.29, 1.82) is 0 Å². The van der Waals surface area contributed by atoms with Gasteiger partial charge in [0.1, 0.15) is 11.6 Å². The molecule has 0 saturated carbocycles. The molecular weight excluding hydrogens is 250 g/mol. The summed E-state index contributed by atoms with van der Waals surface area (Å²) >= 11 is 0. The van der Waals surface area contributed by atoms with Gasteiger partial charge in [-0.1, -0.05) is 13.3 Å². The maximum absolute atomic E-state index is 9.55. The third kappa shape index (κ3) is 2.40. The largest absolute Gasteiger partial charge is 0.508 e. The van der Waals surface area contributed by atoms with Crippen molar-refractivity contribution < 1.29 is 5.11 Å². The molecule has 2 N–H and O–H groups in total. The number of aromatic nitrogens is 2. The maximum Gasteiger partial charge on any atom is 0.124 e. The predicted octanol–water partition coefficient (Wildman–Crippen LogP) is 3.59. The number of likely N-dealkylation sites (tertiary alicyclic amines) is 1. The Morgan fingerprint density at radius 1 is 1.45 bits per heavy atom. The van der Waals surface area contributed by atoms with Crippen LogP contribution in [0.25, 0.3) is 11.0 Å². The zero-order chi connectivity index (χ0) is 14.1. The standard InChI is InChI=1S/C16H23N3O/c1-3-12-6-4-5-9-19(12)11(2)16-17-14-8-7-13(20)10-15(14)18-16/h7-8,10-12,20H,3-6,9H2,1-2H3,(H,17,18). The van der Waals surface area contributed by atoms with Crippen molar-refractivity contribution in [2.24, 2.45) is 0 Å². The molecule has 1 fully saturated rings. The lowest BCUT2D eigenvalue weighted by atomic mass is 9.98. The van der Waals surface area contributed by atoms with Gasteiger partial charge in [-0.2, -0.15) is 0 Å². The summed E-state index contributed by atoms with van der Waals surface area (Å²) in [5, 5.41) is 9.55. The highest BCUT2D eigenvalue weighted by Crippen LogP contribution is 2.30. The normalized spacial score (nSPS) is 22.2. The van der Waals surface area contributed by atoms with E-state index in [4.69, 9.17) is 0 Å². The van der Waals surface area contributed by atoms with Crippen molar-refractivity contribution in [1.82, 2.24) is 14.9 Å². The van der Waals surface area contributed by atoms with E-state index in [-0.39, 0.29) is 5.75 Å². The van der Waals surface area contributed by atoms with Gasteiger partial charge in [0.2, 0.25) is 0 Å². The summed E-state index contributed by atoms with van der Waals surface area (Å²) < 4.78 is 0. The number of H-pyrrole nitrogens is 1. The van der Waals surface area contributed by atoms with Crippen LogP contribution in [-0.4, -0.2) is 32.6 Å². The fourth-order valence-corrected chi connectivity index (χ4v) is 3.34. The van der Waals surface area contributed by atoms with E-state index in [0.717, 1.165) is 23.4 Å². The molecule has 1 saturated heterocycles. The Kier molecular flexibility index (Phi) is 3.66. The molecule has 4 heteroatoms. The van der Waals surface area contributed by atoms with Crippen LogP contribution in [0, 0.1) is 0 Å². The molecule has 1 aliphatic heterocycles. The molecular formula is C16H23N3O. The lowest BCUT2D eigenvalue weighted by molar-refractivity contribution is 0.0963. The van der Waals surface area contributed by atoms with Gasteiger partial charge in [0.05, 0.1) is 17.1 Å². The third-order valence-electron chi connectivity index (χ3n) is 4.52. The van der Waals surface area contributed by atoms with Crippen LogP contribution in [0.5, 0.6) is 5.75 Å². The number of rotatable bonds is 3. The highest BCUT2D eigenvalue weighted by molar-refractivity contribution is 5.76. The Bertz CT molecular complexity index is 592. The van der Waals surface area contributed by atoms with Gasteiger partial charge < -0.3 is 10.1 Å². The molecule has 1 aromatic heterocycles. The molecule has 0 amide bonds. The number of aromatic amines is 1. The van der Waals surface area contributed by atoms with E-state index in [0.29, 0.717) is 12.1 Å².